The van der Waals surface area contributed by atoms with E-state index in [9.17, 15) is 0 Å². The number of hydrogen-bond acceptors (Lipinski definition) is 3. The van der Waals surface area contributed by atoms with Gasteiger partial charge < -0.3 is 5.73 Å². The molecule has 74 valence electrons. The molecule has 0 aliphatic carbocycles. The van der Waals surface area contributed by atoms with Crippen molar-refractivity contribution in [1.82, 2.24) is 4.90 Å². The van der Waals surface area contributed by atoms with Gasteiger partial charge in [-0.3, -0.25) is 4.90 Å². The number of nitrogens with zero attached hydrogens (tertiary/aromatic N) is 1. The Labute approximate surface area is 91.9 Å². The molecule has 0 bridgehead atoms. The second-order valence-electron chi connectivity index (χ2n) is 3.23. The van der Waals surface area contributed by atoms with Gasteiger partial charge in [0.15, 0.2) is 0 Å². The van der Waals surface area contributed by atoms with Crippen LogP contribution in [0.5, 0.6) is 0 Å². The molecule has 0 aliphatic heterocycles. The minimum atomic E-state index is 0.445. The molecule has 1 rings (SSSR count). The van der Waals surface area contributed by atoms with Gasteiger partial charge in [0.2, 0.25) is 0 Å². The summed E-state index contributed by atoms with van der Waals surface area (Å²) in [5.41, 5.74) is 5.58. The van der Waals surface area contributed by atoms with Crippen molar-refractivity contribution in [3.05, 3.63) is 20.8 Å². The molecule has 4 heteroatoms. The third kappa shape index (κ3) is 3.38. The van der Waals surface area contributed by atoms with Crippen molar-refractivity contribution < 1.29 is 0 Å². The number of nitrogens with two attached hydrogens (primary N) is 1. The summed E-state index contributed by atoms with van der Waals surface area (Å²) in [6.45, 7) is 3.83. The van der Waals surface area contributed by atoms with Crippen LogP contribution in [0.3, 0.4) is 0 Å². The van der Waals surface area contributed by atoms with Crippen LogP contribution in [0, 0.1) is 0 Å². The Kier molecular flexibility index (Phi) is 4.38. The molecular weight excluding hydrogens is 248 g/mol. The molecule has 1 aromatic heterocycles. The van der Waals surface area contributed by atoms with Crippen molar-refractivity contribution in [1.29, 1.82) is 0 Å². The van der Waals surface area contributed by atoms with E-state index in [4.69, 9.17) is 5.73 Å². The number of likely N-dealkylation sites (N-methyl/N-ethyl adjacent to an activating group) is 1. The molecule has 1 unspecified atom stereocenters. The summed E-state index contributed by atoms with van der Waals surface area (Å²) in [5.74, 6) is 0. The molecule has 2 nitrogen and oxygen atoms in total. The molecule has 0 saturated heterocycles. The van der Waals surface area contributed by atoms with E-state index in [2.05, 4.69) is 46.2 Å². The maximum absolute atomic E-state index is 5.58. The van der Waals surface area contributed by atoms with Gasteiger partial charge in [-0.15, -0.1) is 11.3 Å². The van der Waals surface area contributed by atoms with E-state index in [-0.39, 0.29) is 0 Å². The Hall–Kier alpha value is 0.1000. The highest BCUT2D eigenvalue weighted by molar-refractivity contribution is 9.10. The lowest BCUT2D eigenvalue weighted by atomic mass is 10.3. The SMILES string of the molecule is CC(CN)N(C)Cc1cc(Br)cs1. The fourth-order valence-electron chi connectivity index (χ4n) is 1.02. The highest BCUT2D eigenvalue weighted by atomic mass is 79.9. The number of rotatable bonds is 4. The molecule has 0 saturated carbocycles. The first-order valence-electron chi connectivity index (χ1n) is 4.26. The lowest BCUT2D eigenvalue weighted by Crippen LogP contribution is -2.34. The van der Waals surface area contributed by atoms with Gasteiger partial charge in [0, 0.05) is 33.9 Å². The van der Waals surface area contributed by atoms with Crippen LogP contribution in [0.1, 0.15) is 11.8 Å². The molecule has 0 aliphatic rings. The fraction of sp³-hybridized carbons (Fsp3) is 0.556. The topological polar surface area (TPSA) is 29.3 Å². The van der Waals surface area contributed by atoms with Crippen molar-refractivity contribution in [3.63, 3.8) is 0 Å². The van der Waals surface area contributed by atoms with Crippen LogP contribution in [0.25, 0.3) is 0 Å². The fourth-order valence-corrected chi connectivity index (χ4v) is 2.53. The van der Waals surface area contributed by atoms with Crippen LogP contribution in [0.4, 0.5) is 0 Å². The molecule has 1 atom stereocenters. The largest absolute Gasteiger partial charge is 0.329 e. The van der Waals surface area contributed by atoms with Crippen LogP contribution in [0.2, 0.25) is 0 Å². The third-order valence-corrected chi connectivity index (χ3v) is 3.80. The smallest absolute Gasteiger partial charge is 0.0328 e. The molecule has 0 spiro atoms. The van der Waals surface area contributed by atoms with Crippen LogP contribution in [-0.2, 0) is 6.54 Å². The van der Waals surface area contributed by atoms with Gasteiger partial charge in [-0.2, -0.15) is 0 Å². The summed E-state index contributed by atoms with van der Waals surface area (Å²) in [4.78, 5) is 3.63. The Balaban J connectivity index is 2.49. The minimum absolute atomic E-state index is 0.445. The predicted molar refractivity (Wildman–Crippen MR) is 62.0 cm³/mol. The van der Waals surface area contributed by atoms with Crippen molar-refractivity contribution in [2.24, 2.45) is 5.73 Å². The van der Waals surface area contributed by atoms with Gasteiger partial charge in [-0.1, -0.05) is 0 Å². The second-order valence-corrected chi connectivity index (χ2v) is 5.14. The molecule has 0 aromatic carbocycles. The molecule has 0 amide bonds. The van der Waals surface area contributed by atoms with Gasteiger partial charge in [0.1, 0.15) is 0 Å². The van der Waals surface area contributed by atoms with Gasteiger partial charge in [-0.05, 0) is 36.0 Å². The molecular formula is C9H15BrN2S. The quantitative estimate of drug-likeness (QED) is 0.903. The monoisotopic (exact) mass is 262 g/mol. The number of hydrogen-bond donors (Lipinski definition) is 1. The van der Waals surface area contributed by atoms with E-state index >= 15 is 0 Å². The zero-order valence-electron chi connectivity index (χ0n) is 7.96. The minimum Gasteiger partial charge on any atom is -0.329 e. The van der Waals surface area contributed by atoms with E-state index in [1.54, 1.807) is 11.3 Å². The Morgan fingerprint density at radius 3 is 2.85 bits per heavy atom. The molecule has 1 heterocycles. The van der Waals surface area contributed by atoms with Gasteiger partial charge in [-0.25, -0.2) is 0 Å². The van der Waals surface area contributed by atoms with Crippen molar-refractivity contribution in [2.75, 3.05) is 13.6 Å². The molecule has 1 aromatic rings. The first kappa shape index (κ1) is 11.2. The van der Waals surface area contributed by atoms with E-state index < -0.39 is 0 Å². The predicted octanol–water partition coefficient (Wildman–Crippen LogP) is 2.29. The first-order valence-corrected chi connectivity index (χ1v) is 5.94. The van der Waals surface area contributed by atoms with Crippen LogP contribution in [0.15, 0.2) is 15.9 Å². The van der Waals surface area contributed by atoms with Crippen LogP contribution in [-0.4, -0.2) is 24.5 Å². The number of thiophene rings is 1. The highest BCUT2D eigenvalue weighted by Gasteiger charge is 2.08. The maximum atomic E-state index is 5.58. The second kappa shape index (κ2) is 5.10. The molecule has 0 radical (unpaired) electrons. The van der Waals surface area contributed by atoms with E-state index in [1.165, 1.54) is 9.35 Å². The van der Waals surface area contributed by atoms with Gasteiger partial charge in [0.25, 0.3) is 0 Å². The van der Waals surface area contributed by atoms with Crippen molar-refractivity contribution in [3.8, 4) is 0 Å². The lowest BCUT2D eigenvalue weighted by Gasteiger charge is -2.22. The van der Waals surface area contributed by atoms with E-state index in [0.717, 1.165) is 6.54 Å². The number of halogens is 1. The summed E-state index contributed by atoms with van der Waals surface area (Å²) in [7, 11) is 2.10. The summed E-state index contributed by atoms with van der Waals surface area (Å²) in [6.07, 6.45) is 0. The highest BCUT2D eigenvalue weighted by Crippen LogP contribution is 2.21. The first-order chi connectivity index (χ1) is 6.13. The Morgan fingerprint density at radius 2 is 2.38 bits per heavy atom. The third-order valence-electron chi connectivity index (χ3n) is 2.12. The average molecular weight is 263 g/mol. The van der Waals surface area contributed by atoms with Crippen LogP contribution >= 0.6 is 27.3 Å². The standard InChI is InChI=1S/C9H15BrN2S/c1-7(4-11)12(2)5-9-3-8(10)6-13-9/h3,6-7H,4-5,11H2,1-2H3. The maximum Gasteiger partial charge on any atom is 0.0328 e. The summed E-state index contributed by atoms with van der Waals surface area (Å²) in [5, 5.41) is 2.11. The van der Waals surface area contributed by atoms with Crippen molar-refractivity contribution in [2.45, 2.75) is 19.5 Å². The van der Waals surface area contributed by atoms with E-state index in [0.29, 0.717) is 12.6 Å². The molecule has 0 fully saturated rings. The Morgan fingerprint density at radius 1 is 1.69 bits per heavy atom. The summed E-state index contributed by atoms with van der Waals surface area (Å²) >= 11 is 5.22. The lowest BCUT2D eigenvalue weighted by molar-refractivity contribution is 0.257. The zero-order chi connectivity index (χ0) is 9.84. The Bertz CT molecular complexity index is 262. The van der Waals surface area contributed by atoms with Crippen LogP contribution < -0.4 is 5.73 Å². The normalized spacial score (nSPS) is 13.6. The zero-order valence-corrected chi connectivity index (χ0v) is 10.4. The molecule has 13 heavy (non-hydrogen) atoms. The van der Waals surface area contributed by atoms with Crippen molar-refractivity contribution >= 4 is 27.3 Å². The summed E-state index contributed by atoms with van der Waals surface area (Å²) < 4.78 is 1.17. The van der Waals surface area contributed by atoms with E-state index in [1.807, 2.05) is 0 Å². The molecule has 2 N–H and O–H groups in total. The van der Waals surface area contributed by atoms with Gasteiger partial charge in [0.05, 0.1) is 0 Å². The average Bonchev–Trinajstić information content (AvgIpc) is 2.49. The van der Waals surface area contributed by atoms with Gasteiger partial charge >= 0.3 is 0 Å². The summed E-state index contributed by atoms with van der Waals surface area (Å²) in [6, 6.07) is 2.60.